The lowest BCUT2D eigenvalue weighted by Gasteiger charge is -2.24. The van der Waals surface area contributed by atoms with Crippen LogP contribution in [0.15, 0.2) is 59.8 Å². The minimum absolute atomic E-state index is 0.0418. The van der Waals surface area contributed by atoms with Crippen molar-refractivity contribution in [2.45, 2.75) is 43.8 Å². The molecule has 0 radical (unpaired) electrons. The van der Waals surface area contributed by atoms with Gasteiger partial charge < -0.3 is 5.32 Å². The minimum atomic E-state index is -4.62. The predicted molar refractivity (Wildman–Crippen MR) is 115 cm³/mol. The Balaban J connectivity index is 1.76. The highest BCUT2D eigenvalue weighted by Crippen LogP contribution is 2.39. The van der Waals surface area contributed by atoms with Crippen LogP contribution in [-0.2, 0) is 29.2 Å². The summed E-state index contributed by atoms with van der Waals surface area (Å²) < 4.78 is 67.6. The fourth-order valence-corrected chi connectivity index (χ4v) is 4.94. The molecular formula is C22H21F3N4O2S. The fourth-order valence-electron chi connectivity index (χ4n) is 3.49. The van der Waals surface area contributed by atoms with E-state index < -0.39 is 21.9 Å². The molecule has 0 saturated carbocycles. The Hall–Kier alpha value is -3.14. The highest BCUT2D eigenvalue weighted by atomic mass is 32.2. The third kappa shape index (κ3) is 4.27. The topological polar surface area (TPSA) is 75.2 Å². The van der Waals surface area contributed by atoms with Gasteiger partial charge in [0.15, 0.2) is 0 Å². The second-order valence-electron chi connectivity index (χ2n) is 7.48. The van der Waals surface area contributed by atoms with Crippen molar-refractivity contribution in [2.75, 3.05) is 9.62 Å². The van der Waals surface area contributed by atoms with Crippen molar-refractivity contribution < 1.29 is 21.6 Å². The maximum Gasteiger partial charge on any atom is 0.433 e. The quantitative estimate of drug-likeness (QED) is 0.558. The number of fused-ring (bicyclic) bond motifs is 2. The Kier molecular flexibility index (Phi) is 5.81. The van der Waals surface area contributed by atoms with Crippen LogP contribution in [0.1, 0.15) is 36.6 Å². The van der Waals surface area contributed by atoms with Crippen molar-refractivity contribution >= 4 is 27.2 Å². The monoisotopic (exact) mass is 462 g/mol. The summed E-state index contributed by atoms with van der Waals surface area (Å²) in [5.41, 5.74) is 0.832. The van der Waals surface area contributed by atoms with Crippen molar-refractivity contribution in [1.82, 2.24) is 9.97 Å². The van der Waals surface area contributed by atoms with Crippen molar-refractivity contribution in [1.29, 1.82) is 0 Å². The maximum atomic E-state index is 13.5. The van der Waals surface area contributed by atoms with Gasteiger partial charge in [-0.05, 0) is 42.7 Å². The number of aromatic nitrogens is 2. The molecule has 0 amide bonds. The number of hydrogen-bond donors (Lipinski definition) is 1. The molecule has 168 valence electrons. The molecule has 4 rings (SSSR count). The standard InChI is InChI=1S/C22H21F3N4O2S/c1-2-3-4-15-5-8-17(9-6-15)32(30,31)29-14-16-7-10-20(22(23,24)25)28-21(16)27-18-11-12-26-13-19(18)29/h5-13H,2-4,14H2,1H3,(H,27,28). The van der Waals surface area contributed by atoms with Crippen molar-refractivity contribution in [3.8, 4) is 0 Å². The molecule has 0 aliphatic carbocycles. The highest BCUT2D eigenvalue weighted by molar-refractivity contribution is 7.92. The molecule has 0 saturated heterocycles. The van der Waals surface area contributed by atoms with Crippen LogP contribution in [0, 0.1) is 0 Å². The molecule has 1 aliphatic rings. The highest BCUT2D eigenvalue weighted by Gasteiger charge is 2.35. The smallest absolute Gasteiger partial charge is 0.338 e. The number of aryl methyl sites for hydroxylation is 1. The number of pyridine rings is 2. The van der Waals surface area contributed by atoms with E-state index >= 15 is 0 Å². The van der Waals surface area contributed by atoms with Crippen molar-refractivity contribution in [2.24, 2.45) is 0 Å². The lowest BCUT2D eigenvalue weighted by molar-refractivity contribution is -0.141. The number of hydrogen-bond acceptors (Lipinski definition) is 5. The third-order valence-corrected chi connectivity index (χ3v) is 7.01. The molecule has 0 atom stereocenters. The maximum absolute atomic E-state index is 13.5. The van der Waals surface area contributed by atoms with Gasteiger partial charge in [-0.3, -0.25) is 9.29 Å². The van der Waals surface area contributed by atoms with Crippen LogP contribution in [0.25, 0.3) is 0 Å². The Morgan fingerprint density at radius 2 is 1.84 bits per heavy atom. The summed E-state index contributed by atoms with van der Waals surface area (Å²) in [7, 11) is -4.01. The van der Waals surface area contributed by atoms with Crippen LogP contribution in [-0.4, -0.2) is 18.4 Å². The Morgan fingerprint density at radius 3 is 2.53 bits per heavy atom. The SMILES string of the molecule is CCCCc1ccc(S(=O)(=O)N2Cc3ccc(C(F)(F)F)nc3Nc3ccncc32)cc1. The van der Waals surface area contributed by atoms with E-state index in [2.05, 4.69) is 22.2 Å². The lowest BCUT2D eigenvalue weighted by atomic mass is 10.1. The first kappa shape index (κ1) is 22.1. The molecule has 0 spiro atoms. The van der Waals surface area contributed by atoms with E-state index in [-0.39, 0.29) is 22.9 Å². The lowest BCUT2D eigenvalue weighted by Crippen LogP contribution is -2.30. The minimum Gasteiger partial charge on any atom is -0.338 e. The molecule has 1 aliphatic heterocycles. The molecule has 10 heteroatoms. The molecule has 1 N–H and O–H groups in total. The van der Waals surface area contributed by atoms with Gasteiger partial charge in [0, 0.05) is 11.8 Å². The van der Waals surface area contributed by atoms with E-state index in [1.165, 1.54) is 24.5 Å². The number of nitrogens with zero attached hydrogens (tertiary/aromatic N) is 3. The van der Waals surface area contributed by atoms with E-state index in [0.29, 0.717) is 11.3 Å². The molecule has 3 aromatic rings. The fraction of sp³-hybridized carbons (Fsp3) is 0.273. The average Bonchev–Trinajstić information content (AvgIpc) is 2.94. The summed E-state index contributed by atoms with van der Waals surface area (Å²) >= 11 is 0. The summed E-state index contributed by atoms with van der Waals surface area (Å²) in [6.45, 7) is 1.90. The number of unbranched alkanes of at least 4 members (excludes halogenated alkanes) is 1. The summed E-state index contributed by atoms with van der Waals surface area (Å²) in [5, 5.41) is 2.84. The molecule has 1 aromatic carbocycles. The zero-order valence-corrected chi connectivity index (χ0v) is 18.0. The Labute approximate surface area is 184 Å². The van der Waals surface area contributed by atoms with Gasteiger partial charge in [0.25, 0.3) is 10.0 Å². The first-order valence-electron chi connectivity index (χ1n) is 10.1. The molecule has 32 heavy (non-hydrogen) atoms. The molecule has 3 heterocycles. The molecule has 0 bridgehead atoms. The van der Waals surface area contributed by atoms with Crippen LogP contribution >= 0.6 is 0 Å². The predicted octanol–water partition coefficient (Wildman–Crippen LogP) is 5.29. The first-order valence-corrected chi connectivity index (χ1v) is 11.5. The molecule has 2 aromatic heterocycles. The first-order chi connectivity index (χ1) is 15.2. The van der Waals surface area contributed by atoms with Gasteiger partial charge in [-0.15, -0.1) is 0 Å². The number of rotatable bonds is 5. The Bertz CT molecular complexity index is 1230. The largest absolute Gasteiger partial charge is 0.433 e. The normalized spacial score (nSPS) is 13.7. The van der Waals surface area contributed by atoms with Crippen molar-refractivity contribution in [3.63, 3.8) is 0 Å². The zero-order chi connectivity index (χ0) is 22.9. The van der Waals surface area contributed by atoms with Crippen LogP contribution in [0.2, 0.25) is 0 Å². The summed E-state index contributed by atoms with van der Waals surface area (Å²) in [5.74, 6) is -0.0418. The number of alkyl halides is 3. The van der Waals surface area contributed by atoms with Gasteiger partial charge in [0.2, 0.25) is 0 Å². The van der Waals surface area contributed by atoms with Crippen LogP contribution < -0.4 is 9.62 Å². The molecule has 6 nitrogen and oxygen atoms in total. The van der Waals surface area contributed by atoms with E-state index in [0.717, 1.165) is 35.2 Å². The second-order valence-corrected chi connectivity index (χ2v) is 9.34. The molecule has 0 fully saturated rings. The van der Waals surface area contributed by atoms with Gasteiger partial charge >= 0.3 is 6.18 Å². The van der Waals surface area contributed by atoms with Crippen LogP contribution in [0.4, 0.5) is 30.4 Å². The zero-order valence-electron chi connectivity index (χ0n) is 17.2. The number of sulfonamides is 1. The van der Waals surface area contributed by atoms with Gasteiger partial charge in [0.05, 0.1) is 29.0 Å². The van der Waals surface area contributed by atoms with E-state index in [4.69, 9.17) is 0 Å². The number of benzene rings is 1. The number of halogens is 3. The van der Waals surface area contributed by atoms with E-state index in [1.54, 1.807) is 24.3 Å². The number of nitrogens with one attached hydrogen (secondary N) is 1. The second kappa shape index (κ2) is 8.42. The van der Waals surface area contributed by atoms with Gasteiger partial charge in [-0.25, -0.2) is 13.4 Å². The van der Waals surface area contributed by atoms with Crippen molar-refractivity contribution in [3.05, 3.63) is 71.7 Å². The van der Waals surface area contributed by atoms with E-state index in [1.807, 2.05) is 0 Å². The third-order valence-electron chi connectivity index (χ3n) is 5.24. The summed E-state index contributed by atoms with van der Waals surface area (Å²) in [6, 6.07) is 10.3. The molecule has 0 unspecified atom stereocenters. The van der Waals surface area contributed by atoms with Crippen LogP contribution in [0.5, 0.6) is 0 Å². The van der Waals surface area contributed by atoms with Gasteiger partial charge in [-0.1, -0.05) is 31.5 Å². The van der Waals surface area contributed by atoms with Crippen LogP contribution in [0.3, 0.4) is 0 Å². The van der Waals surface area contributed by atoms with Gasteiger partial charge in [-0.2, -0.15) is 13.2 Å². The van der Waals surface area contributed by atoms with Gasteiger partial charge in [0.1, 0.15) is 11.5 Å². The van der Waals surface area contributed by atoms with E-state index in [9.17, 15) is 21.6 Å². The summed E-state index contributed by atoms with van der Waals surface area (Å²) in [6.07, 6.45) is 1.08. The molecular weight excluding hydrogens is 441 g/mol. The number of anilines is 3. The Morgan fingerprint density at radius 1 is 1.09 bits per heavy atom. The average molecular weight is 462 g/mol. The summed E-state index contributed by atoms with van der Waals surface area (Å²) in [4.78, 5) is 7.81.